The highest BCUT2D eigenvalue weighted by atomic mass is 15.1. The molecule has 0 fully saturated rings. The normalized spacial score (nSPS) is 13.8. The Morgan fingerprint density at radius 2 is 1.73 bits per heavy atom. The number of nitrogens with zero attached hydrogens (tertiary/aromatic N) is 1. The average Bonchev–Trinajstić information content (AvgIpc) is 2.25. The monoisotopic (exact) mass is 214 g/mol. The molecule has 0 aromatic carbocycles. The van der Waals surface area contributed by atoms with Crippen LogP contribution in [-0.4, -0.2) is 37.1 Å². The maximum atomic E-state index is 3.38. The molecule has 0 aliphatic rings. The Morgan fingerprint density at radius 1 is 1.13 bits per heavy atom. The second-order valence-corrected chi connectivity index (χ2v) is 4.48. The Kier molecular flexibility index (Phi) is 9.12. The summed E-state index contributed by atoms with van der Waals surface area (Å²) in [7, 11) is 2.27. The van der Waals surface area contributed by atoms with Crippen LogP contribution in [-0.2, 0) is 0 Å². The van der Waals surface area contributed by atoms with Crippen molar-refractivity contribution in [3.63, 3.8) is 0 Å². The van der Waals surface area contributed by atoms with Crippen LogP contribution >= 0.6 is 0 Å². The second-order valence-electron chi connectivity index (χ2n) is 4.48. The lowest BCUT2D eigenvalue weighted by atomic mass is 10.1. The Morgan fingerprint density at radius 3 is 2.20 bits per heavy atom. The van der Waals surface area contributed by atoms with Crippen molar-refractivity contribution < 1.29 is 0 Å². The highest BCUT2D eigenvalue weighted by Crippen LogP contribution is 2.13. The van der Waals surface area contributed by atoms with Gasteiger partial charge in [-0.2, -0.15) is 0 Å². The third kappa shape index (κ3) is 6.16. The molecule has 1 unspecified atom stereocenters. The van der Waals surface area contributed by atoms with Gasteiger partial charge < -0.3 is 10.2 Å². The lowest BCUT2D eigenvalue weighted by molar-refractivity contribution is 0.165. The van der Waals surface area contributed by atoms with Gasteiger partial charge in [0.25, 0.3) is 0 Å². The van der Waals surface area contributed by atoms with E-state index < -0.39 is 0 Å². The summed E-state index contributed by atoms with van der Waals surface area (Å²) in [5.41, 5.74) is 0. The summed E-state index contributed by atoms with van der Waals surface area (Å²) >= 11 is 0. The predicted molar refractivity (Wildman–Crippen MR) is 69.4 cm³/mol. The molecule has 2 nitrogen and oxygen atoms in total. The van der Waals surface area contributed by atoms with Crippen LogP contribution in [0.5, 0.6) is 0 Å². The molecule has 0 aliphatic heterocycles. The topological polar surface area (TPSA) is 15.3 Å². The summed E-state index contributed by atoms with van der Waals surface area (Å²) in [5, 5.41) is 3.38. The van der Waals surface area contributed by atoms with Crippen LogP contribution in [0.25, 0.3) is 0 Å². The molecular weight excluding hydrogens is 184 g/mol. The van der Waals surface area contributed by atoms with Crippen molar-refractivity contribution >= 4 is 0 Å². The minimum absolute atomic E-state index is 0.716. The standard InChI is InChI=1S/C13H30N2/c1-6-13(7-2)15(5)12(4)10-9-11-14-8-3/h12-14H,6-11H2,1-5H3. The van der Waals surface area contributed by atoms with Crippen molar-refractivity contribution in [2.75, 3.05) is 20.1 Å². The number of rotatable bonds is 9. The highest BCUT2D eigenvalue weighted by Gasteiger charge is 2.15. The van der Waals surface area contributed by atoms with Crippen molar-refractivity contribution in [3.8, 4) is 0 Å². The lowest BCUT2D eigenvalue weighted by Gasteiger charge is -2.32. The molecule has 0 aromatic heterocycles. The molecular formula is C13H30N2. The smallest absolute Gasteiger partial charge is 0.00897 e. The summed E-state index contributed by atoms with van der Waals surface area (Å²) < 4.78 is 0. The largest absolute Gasteiger partial charge is 0.317 e. The minimum Gasteiger partial charge on any atom is -0.317 e. The SMILES string of the molecule is CCNCCCC(C)N(C)C(CC)CC. The first-order valence-electron chi connectivity index (χ1n) is 6.59. The van der Waals surface area contributed by atoms with E-state index >= 15 is 0 Å². The van der Waals surface area contributed by atoms with Crippen LogP contribution in [0.2, 0.25) is 0 Å². The van der Waals surface area contributed by atoms with E-state index in [-0.39, 0.29) is 0 Å². The van der Waals surface area contributed by atoms with Gasteiger partial charge in [0, 0.05) is 12.1 Å². The van der Waals surface area contributed by atoms with E-state index in [0.29, 0.717) is 6.04 Å². The summed E-state index contributed by atoms with van der Waals surface area (Å²) in [4.78, 5) is 2.55. The Balaban J connectivity index is 3.71. The molecule has 0 radical (unpaired) electrons. The fourth-order valence-electron chi connectivity index (χ4n) is 2.13. The van der Waals surface area contributed by atoms with Gasteiger partial charge in [-0.1, -0.05) is 20.8 Å². The predicted octanol–water partition coefficient (Wildman–Crippen LogP) is 2.89. The summed E-state index contributed by atoms with van der Waals surface area (Å²) in [5.74, 6) is 0. The van der Waals surface area contributed by atoms with Crippen molar-refractivity contribution in [3.05, 3.63) is 0 Å². The molecule has 2 heteroatoms. The third-order valence-corrected chi connectivity index (χ3v) is 3.44. The van der Waals surface area contributed by atoms with Crippen LogP contribution in [0.3, 0.4) is 0 Å². The van der Waals surface area contributed by atoms with Gasteiger partial charge >= 0.3 is 0 Å². The molecule has 0 spiro atoms. The van der Waals surface area contributed by atoms with E-state index in [2.05, 4.69) is 45.0 Å². The maximum absolute atomic E-state index is 3.38. The number of hydrogen-bond donors (Lipinski definition) is 1. The summed E-state index contributed by atoms with van der Waals surface area (Å²) in [6.45, 7) is 11.4. The van der Waals surface area contributed by atoms with Gasteiger partial charge in [-0.15, -0.1) is 0 Å². The molecule has 0 saturated carbocycles. The van der Waals surface area contributed by atoms with Crippen molar-refractivity contribution in [2.24, 2.45) is 0 Å². The lowest BCUT2D eigenvalue weighted by Crippen LogP contribution is -2.38. The van der Waals surface area contributed by atoms with Gasteiger partial charge in [0.05, 0.1) is 0 Å². The van der Waals surface area contributed by atoms with Crippen molar-refractivity contribution in [1.29, 1.82) is 0 Å². The molecule has 0 aromatic rings. The third-order valence-electron chi connectivity index (χ3n) is 3.44. The van der Waals surface area contributed by atoms with Gasteiger partial charge in [-0.25, -0.2) is 0 Å². The second kappa shape index (κ2) is 9.17. The fourth-order valence-corrected chi connectivity index (χ4v) is 2.13. The first-order valence-corrected chi connectivity index (χ1v) is 6.59. The van der Waals surface area contributed by atoms with Gasteiger partial charge in [-0.05, 0) is 52.7 Å². The van der Waals surface area contributed by atoms with E-state index in [9.17, 15) is 0 Å². The molecule has 0 heterocycles. The first-order chi connectivity index (χ1) is 7.17. The molecule has 0 aliphatic carbocycles. The van der Waals surface area contributed by atoms with Gasteiger partial charge in [0.15, 0.2) is 0 Å². The van der Waals surface area contributed by atoms with E-state index in [1.807, 2.05) is 0 Å². The zero-order valence-corrected chi connectivity index (χ0v) is 11.3. The molecule has 1 N–H and O–H groups in total. The van der Waals surface area contributed by atoms with E-state index in [0.717, 1.165) is 19.1 Å². The van der Waals surface area contributed by atoms with Gasteiger partial charge in [0.2, 0.25) is 0 Å². The Labute approximate surface area is 96.4 Å². The molecule has 0 rings (SSSR count). The minimum atomic E-state index is 0.716. The molecule has 0 bridgehead atoms. The van der Waals surface area contributed by atoms with Crippen molar-refractivity contribution in [1.82, 2.24) is 10.2 Å². The zero-order valence-electron chi connectivity index (χ0n) is 11.3. The number of hydrogen-bond acceptors (Lipinski definition) is 2. The Bertz CT molecular complexity index is 132. The van der Waals surface area contributed by atoms with E-state index in [4.69, 9.17) is 0 Å². The molecule has 92 valence electrons. The average molecular weight is 214 g/mol. The van der Waals surface area contributed by atoms with Crippen LogP contribution in [0.1, 0.15) is 53.4 Å². The molecule has 0 amide bonds. The van der Waals surface area contributed by atoms with Gasteiger partial charge in [-0.3, -0.25) is 0 Å². The summed E-state index contributed by atoms with van der Waals surface area (Å²) in [6.07, 6.45) is 5.13. The quantitative estimate of drug-likeness (QED) is 0.594. The van der Waals surface area contributed by atoms with E-state index in [1.165, 1.54) is 25.7 Å². The van der Waals surface area contributed by atoms with Crippen LogP contribution in [0, 0.1) is 0 Å². The zero-order chi connectivity index (χ0) is 11.7. The Hall–Kier alpha value is -0.0800. The molecule has 1 atom stereocenters. The summed E-state index contributed by atoms with van der Waals surface area (Å²) in [6, 6.07) is 1.48. The highest BCUT2D eigenvalue weighted by molar-refractivity contribution is 4.71. The van der Waals surface area contributed by atoms with Crippen LogP contribution in [0.15, 0.2) is 0 Å². The fraction of sp³-hybridized carbons (Fsp3) is 1.00. The number of nitrogens with one attached hydrogen (secondary N) is 1. The van der Waals surface area contributed by atoms with E-state index in [1.54, 1.807) is 0 Å². The van der Waals surface area contributed by atoms with Crippen molar-refractivity contribution in [2.45, 2.75) is 65.5 Å². The maximum Gasteiger partial charge on any atom is 0.00897 e. The van der Waals surface area contributed by atoms with Crippen LogP contribution < -0.4 is 5.32 Å². The van der Waals surface area contributed by atoms with Crippen LogP contribution in [0.4, 0.5) is 0 Å². The molecule has 15 heavy (non-hydrogen) atoms. The molecule has 0 saturated heterocycles. The first kappa shape index (κ1) is 14.9. The van der Waals surface area contributed by atoms with Gasteiger partial charge in [0.1, 0.15) is 0 Å².